The van der Waals surface area contributed by atoms with E-state index < -0.39 is 0 Å². The Hall–Kier alpha value is -1.67. The molecule has 0 aliphatic rings. The van der Waals surface area contributed by atoms with E-state index in [1.807, 2.05) is 12.4 Å². The van der Waals surface area contributed by atoms with Gasteiger partial charge in [-0.15, -0.1) is 0 Å². The second-order valence-corrected chi connectivity index (χ2v) is 6.37. The summed E-state index contributed by atoms with van der Waals surface area (Å²) in [6, 6.07) is 12.9. The molecule has 0 radical (unpaired) electrons. The molecule has 2 N–H and O–H groups in total. The lowest BCUT2D eigenvalue weighted by atomic mass is 9.86. The van der Waals surface area contributed by atoms with Gasteiger partial charge in [0.25, 0.3) is 0 Å². The summed E-state index contributed by atoms with van der Waals surface area (Å²) in [4.78, 5) is 4.03. The van der Waals surface area contributed by atoms with Crippen LogP contribution in [0.3, 0.4) is 0 Å². The van der Waals surface area contributed by atoms with Crippen molar-refractivity contribution in [2.24, 2.45) is 5.73 Å². The van der Waals surface area contributed by atoms with E-state index in [4.69, 9.17) is 5.73 Å². The molecule has 1 aromatic heterocycles. The number of pyridine rings is 1. The highest BCUT2D eigenvalue weighted by Crippen LogP contribution is 2.24. The average molecular weight is 268 g/mol. The van der Waals surface area contributed by atoms with Crippen LogP contribution in [0.5, 0.6) is 0 Å². The zero-order valence-electron chi connectivity index (χ0n) is 12.6. The van der Waals surface area contributed by atoms with Crippen LogP contribution in [0.15, 0.2) is 48.8 Å². The predicted molar refractivity (Wildman–Crippen MR) is 84.6 cm³/mol. The second kappa shape index (κ2) is 6.19. The van der Waals surface area contributed by atoms with E-state index in [2.05, 4.69) is 62.2 Å². The summed E-state index contributed by atoms with van der Waals surface area (Å²) >= 11 is 0. The topological polar surface area (TPSA) is 38.9 Å². The number of hydrogen-bond acceptors (Lipinski definition) is 2. The van der Waals surface area contributed by atoms with Crippen LogP contribution in [-0.4, -0.2) is 4.98 Å². The summed E-state index contributed by atoms with van der Waals surface area (Å²) in [5.41, 5.74) is 10.3. The molecule has 1 heterocycles. The molecule has 0 aliphatic heterocycles. The summed E-state index contributed by atoms with van der Waals surface area (Å²) in [5, 5.41) is 0. The molecule has 0 saturated heterocycles. The summed E-state index contributed by atoms with van der Waals surface area (Å²) in [6.07, 6.45) is 5.61. The van der Waals surface area contributed by atoms with Crippen LogP contribution in [0.4, 0.5) is 0 Å². The number of nitrogens with two attached hydrogens (primary N) is 1. The predicted octanol–water partition coefficient (Wildman–Crippen LogP) is 4.01. The van der Waals surface area contributed by atoms with Crippen LogP contribution in [0.2, 0.25) is 0 Å². The Balaban J connectivity index is 1.97. The minimum Gasteiger partial charge on any atom is -0.324 e. The number of benzene rings is 1. The van der Waals surface area contributed by atoms with Crippen LogP contribution in [0, 0.1) is 0 Å². The van der Waals surface area contributed by atoms with E-state index >= 15 is 0 Å². The van der Waals surface area contributed by atoms with Crippen molar-refractivity contribution in [3.63, 3.8) is 0 Å². The molecule has 0 amide bonds. The summed E-state index contributed by atoms with van der Waals surface area (Å²) in [6.45, 7) is 6.68. The van der Waals surface area contributed by atoms with Gasteiger partial charge in [-0.3, -0.25) is 4.98 Å². The van der Waals surface area contributed by atoms with Crippen molar-refractivity contribution in [3.8, 4) is 0 Å². The van der Waals surface area contributed by atoms with Gasteiger partial charge in [0, 0.05) is 18.4 Å². The molecule has 2 rings (SSSR count). The standard InChI is InChI=1S/C18H24N2/c1-18(2,3)16-7-5-15(6-8-16)17(19)9-4-14-10-12-20-13-11-14/h5-8,10-13,17H,4,9,19H2,1-3H3. The van der Waals surface area contributed by atoms with Gasteiger partial charge in [-0.05, 0) is 47.1 Å². The Morgan fingerprint density at radius 1 is 1.00 bits per heavy atom. The van der Waals surface area contributed by atoms with E-state index in [9.17, 15) is 0 Å². The second-order valence-electron chi connectivity index (χ2n) is 6.37. The van der Waals surface area contributed by atoms with Gasteiger partial charge in [0.2, 0.25) is 0 Å². The van der Waals surface area contributed by atoms with Gasteiger partial charge in [0.1, 0.15) is 0 Å². The van der Waals surface area contributed by atoms with Crippen LogP contribution in [-0.2, 0) is 11.8 Å². The van der Waals surface area contributed by atoms with Gasteiger partial charge in [-0.1, -0.05) is 45.0 Å². The van der Waals surface area contributed by atoms with Crippen molar-refractivity contribution < 1.29 is 0 Å². The molecule has 2 heteroatoms. The first-order valence-electron chi connectivity index (χ1n) is 7.22. The molecule has 0 spiro atoms. The van der Waals surface area contributed by atoms with Gasteiger partial charge in [-0.2, -0.15) is 0 Å². The molecule has 0 bridgehead atoms. The lowest BCUT2D eigenvalue weighted by Crippen LogP contribution is -2.14. The van der Waals surface area contributed by atoms with E-state index in [0.717, 1.165) is 12.8 Å². The van der Waals surface area contributed by atoms with Gasteiger partial charge in [0.15, 0.2) is 0 Å². The van der Waals surface area contributed by atoms with Crippen molar-refractivity contribution in [2.45, 2.75) is 45.1 Å². The monoisotopic (exact) mass is 268 g/mol. The van der Waals surface area contributed by atoms with Crippen LogP contribution in [0.1, 0.15) is 49.9 Å². The zero-order valence-corrected chi connectivity index (χ0v) is 12.6. The summed E-state index contributed by atoms with van der Waals surface area (Å²) in [5.74, 6) is 0. The smallest absolute Gasteiger partial charge is 0.0298 e. The molecule has 2 nitrogen and oxygen atoms in total. The quantitative estimate of drug-likeness (QED) is 0.910. The van der Waals surface area contributed by atoms with Gasteiger partial charge >= 0.3 is 0 Å². The Morgan fingerprint density at radius 3 is 2.15 bits per heavy atom. The van der Waals surface area contributed by atoms with E-state index in [-0.39, 0.29) is 11.5 Å². The van der Waals surface area contributed by atoms with Crippen LogP contribution < -0.4 is 5.73 Å². The summed E-state index contributed by atoms with van der Waals surface area (Å²) in [7, 11) is 0. The molecular weight excluding hydrogens is 244 g/mol. The highest BCUT2D eigenvalue weighted by Gasteiger charge is 2.14. The molecule has 0 aliphatic carbocycles. The Morgan fingerprint density at radius 2 is 1.60 bits per heavy atom. The van der Waals surface area contributed by atoms with Gasteiger partial charge in [0.05, 0.1) is 0 Å². The van der Waals surface area contributed by atoms with Crippen LogP contribution >= 0.6 is 0 Å². The summed E-state index contributed by atoms with van der Waals surface area (Å²) < 4.78 is 0. The first-order valence-corrected chi connectivity index (χ1v) is 7.22. The third-order valence-electron chi connectivity index (χ3n) is 3.70. The fourth-order valence-electron chi connectivity index (χ4n) is 2.27. The SMILES string of the molecule is CC(C)(C)c1ccc(C(N)CCc2ccncc2)cc1. The zero-order chi connectivity index (χ0) is 14.6. The molecular formula is C18H24N2. The third-order valence-corrected chi connectivity index (χ3v) is 3.70. The number of nitrogens with zero attached hydrogens (tertiary/aromatic N) is 1. The highest BCUT2D eigenvalue weighted by molar-refractivity contribution is 5.29. The minimum atomic E-state index is 0.0946. The Bertz CT molecular complexity index is 524. The van der Waals surface area contributed by atoms with Crippen molar-refractivity contribution in [3.05, 3.63) is 65.5 Å². The lowest BCUT2D eigenvalue weighted by Gasteiger charge is -2.20. The number of aryl methyl sites for hydroxylation is 1. The van der Waals surface area contributed by atoms with Crippen molar-refractivity contribution >= 4 is 0 Å². The first-order chi connectivity index (χ1) is 9.47. The van der Waals surface area contributed by atoms with E-state index in [1.54, 1.807) is 0 Å². The third kappa shape index (κ3) is 3.91. The molecule has 106 valence electrons. The normalized spacial score (nSPS) is 13.2. The van der Waals surface area contributed by atoms with Crippen LogP contribution in [0.25, 0.3) is 0 Å². The Labute approximate surface area is 122 Å². The maximum Gasteiger partial charge on any atom is 0.0298 e. The van der Waals surface area contributed by atoms with Crippen molar-refractivity contribution in [1.29, 1.82) is 0 Å². The maximum atomic E-state index is 6.29. The fourth-order valence-corrected chi connectivity index (χ4v) is 2.27. The molecule has 0 fully saturated rings. The van der Waals surface area contributed by atoms with Gasteiger partial charge in [-0.25, -0.2) is 0 Å². The number of rotatable bonds is 4. The highest BCUT2D eigenvalue weighted by atomic mass is 14.6. The average Bonchev–Trinajstić information content (AvgIpc) is 2.45. The molecule has 1 aromatic carbocycles. The Kier molecular flexibility index (Phi) is 4.56. The van der Waals surface area contributed by atoms with E-state index in [1.165, 1.54) is 16.7 Å². The van der Waals surface area contributed by atoms with Crippen molar-refractivity contribution in [2.75, 3.05) is 0 Å². The molecule has 20 heavy (non-hydrogen) atoms. The fraction of sp³-hybridized carbons (Fsp3) is 0.389. The lowest BCUT2D eigenvalue weighted by molar-refractivity contribution is 0.588. The minimum absolute atomic E-state index is 0.0946. The maximum absolute atomic E-state index is 6.29. The molecule has 1 unspecified atom stereocenters. The largest absolute Gasteiger partial charge is 0.324 e. The van der Waals surface area contributed by atoms with Crippen molar-refractivity contribution in [1.82, 2.24) is 4.98 Å². The van der Waals surface area contributed by atoms with E-state index in [0.29, 0.717) is 0 Å². The molecule has 2 aromatic rings. The number of hydrogen-bond donors (Lipinski definition) is 1. The number of aromatic nitrogens is 1. The molecule has 1 atom stereocenters. The first kappa shape index (κ1) is 14.7. The van der Waals surface area contributed by atoms with Gasteiger partial charge < -0.3 is 5.73 Å². The molecule has 0 saturated carbocycles.